The van der Waals surface area contributed by atoms with E-state index < -0.39 is 0 Å². The van der Waals surface area contributed by atoms with E-state index in [2.05, 4.69) is 16.4 Å². The SMILES string of the molecule is O=C(NCC12CCC=C1N(CC1CC1)C(=O)CC2)c1ccccn1. The Kier molecular flexibility index (Phi) is 3.87. The van der Waals surface area contributed by atoms with Crippen LogP contribution in [-0.2, 0) is 4.79 Å². The van der Waals surface area contributed by atoms with Gasteiger partial charge in [-0.25, -0.2) is 0 Å². The summed E-state index contributed by atoms with van der Waals surface area (Å²) in [5.74, 6) is 0.790. The van der Waals surface area contributed by atoms with E-state index >= 15 is 0 Å². The average molecular weight is 325 g/mol. The van der Waals surface area contributed by atoms with Gasteiger partial charge in [-0.15, -0.1) is 0 Å². The zero-order valence-electron chi connectivity index (χ0n) is 13.8. The Morgan fingerprint density at radius 1 is 1.33 bits per heavy atom. The summed E-state index contributed by atoms with van der Waals surface area (Å²) in [6.07, 6.45) is 9.74. The summed E-state index contributed by atoms with van der Waals surface area (Å²) in [7, 11) is 0. The summed E-state index contributed by atoms with van der Waals surface area (Å²) in [4.78, 5) is 30.8. The molecule has 0 bridgehead atoms. The predicted octanol–water partition coefficient (Wildman–Crippen LogP) is 2.51. The fourth-order valence-corrected chi connectivity index (χ4v) is 3.96. The minimum Gasteiger partial charge on any atom is -0.350 e. The highest BCUT2D eigenvalue weighted by molar-refractivity contribution is 5.92. The number of hydrogen-bond acceptors (Lipinski definition) is 3. The van der Waals surface area contributed by atoms with Crippen molar-refractivity contribution in [3.05, 3.63) is 41.9 Å². The molecule has 2 heterocycles. The molecule has 24 heavy (non-hydrogen) atoms. The second-order valence-electron chi connectivity index (χ2n) is 7.25. The Morgan fingerprint density at radius 2 is 2.21 bits per heavy atom. The molecule has 1 saturated heterocycles. The first-order valence-corrected chi connectivity index (χ1v) is 8.88. The molecule has 1 saturated carbocycles. The highest BCUT2D eigenvalue weighted by Gasteiger charge is 2.46. The summed E-state index contributed by atoms with van der Waals surface area (Å²) < 4.78 is 0. The van der Waals surface area contributed by atoms with Crippen LogP contribution in [0.2, 0.25) is 0 Å². The van der Waals surface area contributed by atoms with Gasteiger partial charge in [0.25, 0.3) is 5.91 Å². The number of nitrogens with zero attached hydrogens (tertiary/aromatic N) is 2. The van der Waals surface area contributed by atoms with Gasteiger partial charge >= 0.3 is 0 Å². The van der Waals surface area contributed by atoms with Crippen molar-refractivity contribution in [2.24, 2.45) is 11.3 Å². The van der Waals surface area contributed by atoms with Gasteiger partial charge in [0.1, 0.15) is 5.69 Å². The third-order valence-corrected chi connectivity index (χ3v) is 5.54. The Balaban J connectivity index is 1.48. The van der Waals surface area contributed by atoms with E-state index in [0.717, 1.165) is 31.5 Å². The highest BCUT2D eigenvalue weighted by atomic mass is 16.2. The predicted molar refractivity (Wildman–Crippen MR) is 90.0 cm³/mol. The smallest absolute Gasteiger partial charge is 0.269 e. The number of piperidine rings is 1. The van der Waals surface area contributed by atoms with Crippen molar-refractivity contribution in [2.75, 3.05) is 13.1 Å². The van der Waals surface area contributed by atoms with Crippen LogP contribution in [0.1, 0.15) is 49.0 Å². The van der Waals surface area contributed by atoms with Gasteiger partial charge in [0.05, 0.1) is 0 Å². The summed E-state index contributed by atoms with van der Waals surface area (Å²) in [6.45, 7) is 1.45. The standard InChI is InChI=1S/C19H23N3O2/c23-17-8-10-19(13-21-18(24)15-4-1-2-11-20-15)9-3-5-16(19)22(17)12-14-6-7-14/h1-2,4-5,11,14H,3,6-10,12-13H2,(H,21,24). The van der Waals surface area contributed by atoms with Crippen LogP contribution in [0.3, 0.4) is 0 Å². The number of hydrogen-bond donors (Lipinski definition) is 1. The van der Waals surface area contributed by atoms with Crippen LogP contribution in [0.4, 0.5) is 0 Å². The summed E-state index contributed by atoms with van der Waals surface area (Å²) >= 11 is 0. The van der Waals surface area contributed by atoms with Crippen molar-refractivity contribution in [2.45, 2.75) is 38.5 Å². The van der Waals surface area contributed by atoms with Gasteiger partial charge in [0, 0.05) is 36.8 Å². The molecule has 1 unspecified atom stereocenters. The fourth-order valence-electron chi connectivity index (χ4n) is 3.96. The molecule has 0 radical (unpaired) electrons. The van der Waals surface area contributed by atoms with Crippen LogP contribution in [-0.4, -0.2) is 34.8 Å². The van der Waals surface area contributed by atoms with Gasteiger partial charge in [-0.2, -0.15) is 0 Å². The highest BCUT2D eigenvalue weighted by Crippen LogP contribution is 2.48. The molecule has 0 aromatic carbocycles. The molecule has 2 aliphatic carbocycles. The number of likely N-dealkylation sites (tertiary alicyclic amines) is 1. The molecule has 1 atom stereocenters. The van der Waals surface area contributed by atoms with Crippen LogP contribution in [0.25, 0.3) is 0 Å². The van der Waals surface area contributed by atoms with Gasteiger partial charge in [0.15, 0.2) is 0 Å². The van der Waals surface area contributed by atoms with Gasteiger partial charge in [0.2, 0.25) is 5.91 Å². The van der Waals surface area contributed by atoms with Crippen LogP contribution in [0.5, 0.6) is 0 Å². The third kappa shape index (κ3) is 2.83. The van der Waals surface area contributed by atoms with Crippen molar-refractivity contribution in [3.8, 4) is 0 Å². The fraction of sp³-hybridized carbons (Fsp3) is 0.526. The number of pyridine rings is 1. The van der Waals surface area contributed by atoms with E-state index in [4.69, 9.17) is 0 Å². The maximum Gasteiger partial charge on any atom is 0.269 e. The van der Waals surface area contributed by atoms with E-state index in [0.29, 0.717) is 24.6 Å². The van der Waals surface area contributed by atoms with Crippen LogP contribution >= 0.6 is 0 Å². The van der Waals surface area contributed by atoms with Crippen molar-refractivity contribution in [1.29, 1.82) is 0 Å². The first-order chi connectivity index (χ1) is 11.7. The number of aromatic nitrogens is 1. The molecule has 5 nitrogen and oxygen atoms in total. The van der Waals surface area contributed by atoms with Crippen molar-refractivity contribution in [3.63, 3.8) is 0 Å². The number of allylic oxidation sites excluding steroid dienone is 1. The topological polar surface area (TPSA) is 62.3 Å². The first kappa shape index (κ1) is 15.4. The largest absolute Gasteiger partial charge is 0.350 e. The number of carbonyl (C=O) groups excluding carboxylic acids is 2. The molecule has 2 amide bonds. The lowest BCUT2D eigenvalue weighted by Gasteiger charge is -2.42. The minimum absolute atomic E-state index is 0.0762. The monoisotopic (exact) mass is 325 g/mol. The van der Waals surface area contributed by atoms with Gasteiger partial charge in [-0.1, -0.05) is 12.1 Å². The molecule has 1 N–H and O–H groups in total. The molecule has 2 fully saturated rings. The molecule has 1 aliphatic heterocycles. The summed E-state index contributed by atoms with van der Waals surface area (Å²) in [5.41, 5.74) is 1.53. The van der Waals surface area contributed by atoms with Crippen molar-refractivity contribution in [1.82, 2.24) is 15.2 Å². The van der Waals surface area contributed by atoms with Crippen molar-refractivity contribution >= 4 is 11.8 Å². The van der Waals surface area contributed by atoms with E-state index in [-0.39, 0.29) is 17.2 Å². The normalized spacial score (nSPS) is 26.1. The van der Waals surface area contributed by atoms with Crippen LogP contribution < -0.4 is 5.32 Å². The Morgan fingerprint density at radius 3 is 2.96 bits per heavy atom. The van der Waals surface area contributed by atoms with Crippen LogP contribution in [0.15, 0.2) is 36.2 Å². The molecule has 126 valence electrons. The number of amides is 2. The number of nitrogens with one attached hydrogen (secondary N) is 1. The summed E-state index contributed by atoms with van der Waals surface area (Å²) in [5, 5.41) is 3.05. The molecular formula is C19H23N3O2. The van der Waals surface area contributed by atoms with E-state index in [1.54, 1.807) is 18.3 Å². The van der Waals surface area contributed by atoms with E-state index in [1.165, 1.54) is 12.8 Å². The Bertz CT molecular complexity index is 681. The lowest BCUT2D eigenvalue weighted by Crippen LogP contribution is -2.48. The van der Waals surface area contributed by atoms with Gasteiger partial charge in [-0.05, 0) is 50.2 Å². The van der Waals surface area contributed by atoms with Gasteiger partial charge < -0.3 is 10.2 Å². The third-order valence-electron chi connectivity index (χ3n) is 5.54. The minimum atomic E-state index is -0.137. The molecule has 1 aromatic heterocycles. The van der Waals surface area contributed by atoms with Gasteiger partial charge in [-0.3, -0.25) is 14.6 Å². The lowest BCUT2D eigenvalue weighted by molar-refractivity contribution is -0.133. The molecular weight excluding hydrogens is 302 g/mol. The van der Waals surface area contributed by atoms with E-state index in [9.17, 15) is 9.59 Å². The second-order valence-corrected chi connectivity index (χ2v) is 7.25. The van der Waals surface area contributed by atoms with Crippen molar-refractivity contribution < 1.29 is 9.59 Å². The quantitative estimate of drug-likeness (QED) is 0.905. The number of fused-ring (bicyclic) bond motifs is 1. The average Bonchev–Trinajstić information content (AvgIpc) is 3.33. The molecule has 4 rings (SSSR count). The first-order valence-electron chi connectivity index (χ1n) is 8.88. The number of rotatable bonds is 5. The van der Waals surface area contributed by atoms with E-state index in [1.807, 2.05) is 11.0 Å². The zero-order valence-corrected chi connectivity index (χ0v) is 13.8. The maximum atomic E-state index is 12.4. The Labute approximate surface area is 142 Å². The molecule has 5 heteroatoms. The molecule has 3 aliphatic rings. The lowest BCUT2D eigenvalue weighted by atomic mass is 9.76. The molecule has 0 spiro atoms. The number of carbonyl (C=O) groups is 2. The molecule has 1 aromatic rings. The summed E-state index contributed by atoms with van der Waals surface area (Å²) in [6, 6.07) is 5.34. The maximum absolute atomic E-state index is 12.4. The zero-order chi connectivity index (χ0) is 16.6. The second kappa shape index (κ2) is 6.04. The van der Waals surface area contributed by atoms with Crippen LogP contribution in [0, 0.1) is 11.3 Å². The Hall–Kier alpha value is -2.17.